The lowest BCUT2D eigenvalue weighted by Crippen LogP contribution is -1.80. The number of nitrogens with zero attached hydrogens (tertiary/aromatic N) is 3. The van der Waals surface area contributed by atoms with E-state index in [0.29, 0.717) is 0 Å². The molecule has 0 radical (unpaired) electrons. The first-order valence-corrected chi connectivity index (χ1v) is 6.56. The Labute approximate surface area is 110 Å². The first kappa shape index (κ1) is 10.9. The maximum atomic E-state index is 9.12. The number of thiazole rings is 1. The molecule has 0 unspecified atom stereocenters. The normalized spacial score (nSPS) is 11.2. The zero-order chi connectivity index (χ0) is 11.8. The minimum atomic E-state index is 0.0581. The van der Waals surface area contributed by atoms with Gasteiger partial charge in [0.15, 0.2) is 0 Å². The summed E-state index contributed by atoms with van der Waals surface area (Å²) < 4.78 is 2.85. The molecular formula is C11H8BrN3OS. The third kappa shape index (κ3) is 1.88. The molecule has 0 bridgehead atoms. The highest BCUT2D eigenvalue weighted by Crippen LogP contribution is 2.29. The zero-order valence-electron chi connectivity index (χ0n) is 8.67. The van der Waals surface area contributed by atoms with Crippen LogP contribution in [0.4, 0.5) is 0 Å². The van der Waals surface area contributed by atoms with Gasteiger partial charge in [0.25, 0.3) is 0 Å². The minimum absolute atomic E-state index is 0.0581. The standard InChI is InChI=1S/C11H8BrN3OS/c12-8-1-7(2-13-3-8)10-11-15(6-14-10)4-9(5-16)17-11/h1-4,6,16H,5H2. The number of aliphatic hydroxyl groups is 1. The van der Waals surface area contributed by atoms with Crippen LogP contribution in [0.25, 0.3) is 16.1 Å². The number of aromatic nitrogens is 3. The molecule has 4 nitrogen and oxygen atoms in total. The van der Waals surface area contributed by atoms with Gasteiger partial charge in [-0.1, -0.05) is 0 Å². The van der Waals surface area contributed by atoms with E-state index in [1.54, 1.807) is 18.7 Å². The molecule has 3 aromatic heterocycles. The Kier molecular flexibility index (Phi) is 2.70. The fraction of sp³-hybridized carbons (Fsp3) is 0.0909. The van der Waals surface area contributed by atoms with Crippen molar-refractivity contribution >= 4 is 32.1 Å². The van der Waals surface area contributed by atoms with E-state index in [1.165, 1.54) is 11.3 Å². The molecule has 3 heterocycles. The minimum Gasteiger partial charge on any atom is -0.391 e. The van der Waals surface area contributed by atoms with Gasteiger partial charge in [-0.15, -0.1) is 11.3 Å². The Hall–Kier alpha value is -1.24. The van der Waals surface area contributed by atoms with Crippen molar-refractivity contribution in [2.75, 3.05) is 0 Å². The van der Waals surface area contributed by atoms with Crippen molar-refractivity contribution in [3.63, 3.8) is 0 Å². The van der Waals surface area contributed by atoms with Crippen LogP contribution in [0.5, 0.6) is 0 Å². The van der Waals surface area contributed by atoms with E-state index in [2.05, 4.69) is 25.9 Å². The lowest BCUT2D eigenvalue weighted by molar-refractivity contribution is 0.285. The topological polar surface area (TPSA) is 50.4 Å². The summed E-state index contributed by atoms with van der Waals surface area (Å²) in [5, 5.41) is 9.12. The van der Waals surface area contributed by atoms with Crippen LogP contribution in [0.3, 0.4) is 0 Å². The lowest BCUT2D eigenvalue weighted by Gasteiger charge is -1.96. The van der Waals surface area contributed by atoms with Gasteiger partial charge in [-0.2, -0.15) is 0 Å². The molecule has 1 N–H and O–H groups in total. The number of halogens is 1. The number of fused-ring (bicyclic) bond motifs is 1. The number of aliphatic hydroxyl groups excluding tert-OH is 1. The lowest BCUT2D eigenvalue weighted by atomic mass is 10.2. The monoisotopic (exact) mass is 309 g/mol. The van der Waals surface area contributed by atoms with Gasteiger partial charge in [0.1, 0.15) is 16.9 Å². The van der Waals surface area contributed by atoms with Crippen molar-refractivity contribution in [1.29, 1.82) is 0 Å². The SMILES string of the molecule is OCc1cn2cnc(-c3cncc(Br)c3)c2s1. The Balaban J connectivity index is 2.19. The van der Waals surface area contributed by atoms with E-state index in [9.17, 15) is 0 Å². The summed E-state index contributed by atoms with van der Waals surface area (Å²) in [5.41, 5.74) is 1.86. The van der Waals surface area contributed by atoms with Crippen molar-refractivity contribution in [2.45, 2.75) is 6.61 Å². The van der Waals surface area contributed by atoms with E-state index >= 15 is 0 Å². The summed E-state index contributed by atoms with van der Waals surface area (Å²) in [7, 11) is 0. The molecule has 0 amide bonds. The summed E-state index contributed by atoms with van der Waals surface area (Å²) in [6, 6.07) is 1.98. The maximum Gasteiger partial charge on any atom is 0.128 e. The average molecular weight is 310 g/mol. The molecule has 0 aliphatic carbocycles. The Morgan fingerprint density at radius 1 is 1.41 bits per heavy atom. The van der Waals surface area contributed by atoms with Gasteiger partial charge >= 0.3 is 0 Å². The van der Waals surface area contributed by atoms with Gasteiger partial charge in [-0.3, -0.25) is 9.38 Å². The van der Waals surface area contributed by atoms with Gasteiger partial charge in [0.2, 0.25) is 0 Å². The number of hydrogen-bond donors (Lipinski definition) is 1. The Morgan fingerprint density at radius 2 is 2.29 bits per heavy atom. The highest BCUT2D eigenvalue weighted by molar-refractivity contribution is 9.10. The predicted octanol–water partition coefficient (Wildman–Crippen LogP) is 2.71. The van der Waals surface area contributed by atoms with Crippen LogP contribution in [0.2, 0.25) is 0 Å². The second kappa shape index (κ2) is 4.21. The molecule has 3 rings (SSSR count). The third-order valence-corrected chi connectivity index (χ3v) is 3.92. The van der Waals surface area contributed by atoms with Crippen molar-refractivity contribution in [3.8, 4) is 11.3 Å². The fourth-order valence-electron chi connectivity index (χ4n) is 1.66. The average Bonchev–Trinajstić information content (AvgIpc) is 2.87. The molecule has 86 valence electrons. The first-order valence-electron chi connectivity index (χ1n) is 4.95. The summed E-state index contributed by atoms with van der Waals surface area (Å²) in [6.07, 6.45) is 7.17. The van der Waals surface area contributed by atoms with Gasteiger partial charge < -0.3 is 5.11 Å². The van der Waals surface area contributed by atoms with Gasteiger partial charge in [-0.25, -0.2) is 4.98 Å². The van der Waals surface area contributed by atoms with Crippen LogP contribution in [0.1, 0.15) is 4.88 Å². The van der Waals surface area contributed by atoms with Crippen LogP contribution in [0.15, 0.2) is 35.5 Å². The van der Waals surface area contributed by atoms with Crippen molar-refractivity contribution in [1.82, 2.24) is 14.4 Å². The van der Waals surface area contributed by atoms with Crippen LogP contribution in [-0.2, 0) is 6.61 Å². The molecule has 0 saturated carbocycles. The van der Waals surface area contributed by atoms with Crippen molar-refractivity contribution < 1.29 is 5.11 Å². The number of pyridine rings is 1. The third-order valence-electron chi connectivity index (χ3n) is 2.39. The van der Waals surface area contributed by atoms with Crippen molar-refractivity contribution in [3.05, 3.63) is 40.3 Å². The molecule has 17 heavy (non-hydrogen) atoms. The largest absolute Gasteiger partial charge is 0.391 e. The maximum absolute atomic E-state index is 9.12. The highest BCUT2D eigenvalue weighted by Gasteiger charge is 2.11. The zero-order valence-corrected chi connectivity index (χ0v) is 11.1. The molecule has 0 atom stereocenters. The van der Waals surface area contributed by atoms with Crippen LogP contribution < -0.4 is 0 Å². The summed E-state index contributed by atoms with van der Waals surface area (Å²) in [6.45, 7) is 0.0581. The second-order valence-electron chi connectivity index (χ2n) is 3.55. The second-order valence-corrected chi connectivity index (χ2v) is 5.58. The summed E-state index contributed by atoms with van der Waals surface area (Å²) in [5.74, 6) is 0. The molecule has 3 aromatic rings. The molecular weight excluding hydrogens is 302 g/mol. The fourth-order valence-corrected chi connectivity index (χ4v) is 2.98. The molecule has 0 aliphatic rings. The number of rotatable bonds is 2. The van der Waals surface area contributed by atoms with Gasteiger partial charge in [-0.05, 0) is 22.0 Å². The summed E-state index contributed by atoms with van der Waals surface area (Å²) >= 11 is 4.94. The van der Waals surface area contributed by atoms with E-state index in [0.717, 1.165) is 25.4 Å². The first-order chi connectivity index (χ1) is 8.28. The molecule has 0 aromatic carbocycles. The Morgan fingerprint density at radius 3 is 3.06 bits per heavy atom. The highest BCUT2D eigenvalue weighted by atomic mass is 79.9. The molecule has 0 aliphatic heterocycles. The van der Waals surface area contributed by atoms with Crippen molar-refractivity contribution in [2.24, 2.45) is 0 Å². The molecule has 0 saturated heterocycles. The van der Waals surface area contributed by atoms with Crippen LogP contribution >= 0.6 is 27.3 Å². The van der Waals surface area contributed by atoms with E-state index in [4.69, 9.17) is 5.11 Å². The van der Waals surface area contributed by atoms with Gasteiger partial charge in [0, 0.05) is 33.5 Å². The predicted molar refractivity (Wildman–Crippen MR) is 69.9 cm³/mol. The van der Waals surface area contributed by atoms with Crippen LogP contribution in [0, 0.1) is 0 Å². The molecule has 0 spiro atoms. The van der Waals surface area contributed by atoms with E-state index in [1.807, 2.05) is 16.7 Å². The Bertz CT molecular complexity index is 676. The molecule has 0 fully saturated rings. The number of hydrogen-bond acceptors (Lipinski definition) is 4. The summed E-state index contributed by atoms with van der Waals surface area (Å²) in [4.78, 5) is 10.5. The quantitative estimate of drug-likeness (QED) is 0.792. The van der Waals surface area contributed by atoms with Gasteiger partial charge in [0.05, 0.1) is 6.61 Å². The smallest absolute Gasteiger partial charge is 0.128 e. The molecule has 6 heteroatoms. The van der Waals surface area contributed by atoms with Crippen LogP contribution in [-0.4, -0.2) is 19.5 Å². The van der Waals surface area contributed by atoms with E-state index < -0.39 is 0 Å². The number of imidazole rings is 1. The van der Waals surface area contributed by atoms with E-state index in [-0.39, 0.29) is 6.61 Å².